The minimum absolute atomic E-state index is 0.256. The fourth-order valence-corrected chi connectivity index (χ4v) is 2.48. The van der Waals surface area contributed by atoms with Gasteiger partial charge in [0.1, 0.15) is 0 Å². The molecule has 0 radical (unpaired) electrons. The summed E-state index contributed by atoms with van der Waals surface area (Å²) < 4.78 is 0. The number of amides is 1. The maximum atomic E-state index is 11.8. The van der Waals surface area contributed by atoms with Crippen LogP contribution in [0.4, 0.5) is 5.69 Å². The first-order chi connectivity index (χ1) is 8.66. The lowest BCUT2D eigenvalue weighted by atomic mass is 10.2. The first kappa shape index (κ1) is 13.2. The van der Waals surface area contributed by atoms with Crippen molar-refractivity contribution in [3.63, 3.8) is 0 Å². The number of anilines is 1. The lowest BCUT2D eigenvalue weighted by Crippen LogP contribution is -2.29. The Kier molecular flexibility index (Phi) is 4.48. The summed E-state index contributed by atoms with van der Waals surface area (Å²) in [6.45, 7) is 4.55. The molecule has 4 heteroatoms. The maximum Gasteiger partial charge on any atom is 0.224 e. The number of carbonyl (C=O) groups is 1. The largest absolute Gasteiger partial charge is 0.384 e. The molecule has 1 fully saturated rings. The topological polar surface area (TPSA) is 32.3 Å². The van der Waals surface area contributed by atoms with E-state index in [1.165, 1.54) is 0 Å². The number of likely N-dealkylation sites (tertiary alicyclic amines) is 1. The number of hydrogen-bond acceptors (Lipinski definition) is 2. The van der Waals surface area contributed by atoms with E-state index in [4.69, 9.17) is 11.6 Å². The van der Waals surface area contributed by atoms with Crippen molar-refractivity contribution >= 4 is 23.2 Å². The van der Waals surface area contributed by atoms with Gasteiger partial charge in [-0.15, -0.1) is 0 Å². The van der Waals surface area contributed by atoms with Gasteiger partial charge in [-0.3, -0.25) is 4.79 Å². The van der Waals surface area contributed by atoms with E-state index in [1.807, 2.05) is 30.0 Å². The molecule has 0 unspecified atom stereocenters. The molecule has 0 atom stereocenters. The number of hydrogen-bond donors (Lipinski definition) is 1. The highest BCUT2D eigenvalue weighted by Crippen LogP contribution is 2.19. The van der Waals surface area contributed by atoms with Crippen LogP contribution >= 0.6 is 11.6 Å². The molecule has 1 aliphatic rings. The quantitative estimate of drug-likeness (QED) is 0.908. The monoisotopic (exact) mass is 266 g/mol. The van der Waals surface area contributed by atoms with Gasteiger partial charge in [0.25, 0.3) is 0 Å². The Balaban J connectivity index is 1.79. The second kappa shape index (κ2) is 6.10. The maximum absolute atomic E-state index is 11.8. The minimum atomic E-state index is 0.256. The molecule has 0 aromatic heterocycles. The Bertz CT molecular complexity index is 428. The predicted octanol–water partition coefficient (Wildman–Crippen LogP) is 3.07. The van der Waals surface area contributed by atoms with Crippen molar-refractivity contribution in [2.45, 2.75) is 26.2 Å². The molecule has 1 heterocycles. The number of nitrogens with zero attached hydrogens (tertiary/aromatic N) is 1. The van der Waals surface area contributed by atoms with Crippen LogP contribution in [0.5, 0.6) is 0 Å². The summed E-state index contributed by atoms with van der Waals surface area (Å²) in [6, 6.07) is 5.74. The molecule has 98 valence electrons. The van der Waals surface area contributed by atoms with Crippen LogP contribution in [0.25, 0.3) is 0 Å². The molecule has 0 spiro atoms. The van der Waals surface area contributed by atoms with Gasteiger partial charge >= 0.3 is 0 Å². The van der Waals surface area contributed by atoms with Crippen LogP contribution in [0.2, 0.25) is 5.02 Å². The molecular weight excluding hydrogens is 248 g/mol. The van der Waals surface area contributed by atoms with Crippen LogP contribution < -0.4 is 5.32 Å². The number of benzene rings is 1. The van der Waals surface area contributed by atoms with Gasteiger partial charge in [0.15, 0.2) is 0 Å². The zero-order valence-electron chi connectivity index (χ0n) is 10.7. The second-order valence-electron chi connectivity index (χ2n) is 4.72. The third-order valence-corrected chi connectivity index (χ3v) is 3.54. The number of nitrogens with one attached hydrogen (secondary N) is 1. The van der Waals surface area contributed by atoms with E-state index >= 15 is 0 Å². The van der Waals surface area contributed by atoms with Gasteiger partial charge in [0, 0.05) is 36.8 Å². The lowest BCUT2D eigenvalue weighted by Gasteiger charge is -2.16. The average Bonchev–Trinajstić information content (AvgIpc) is 2.85. The first-order valence-corrected chi connectivity index (χ1v) is 6.82. The van der Waals surface area contributed by atoms with Crippen molar-refractivity contribution in [3.05, 3.63) is 28.8 Å². The van der Waals surface area contributed by atoms with Crippen molar-refractivity contribution in [1.82, 2.24) is 4.90 Å². The van der Waals surface area contributed by atoms with Crippen molar-refractivity contribution in [3.8, 4) is 0 Å². The van der Waals surface area contributed by atoms with Gasteiger partial charge in [0.05, 0.1) is 0 Å². The molecule has 18 heavy (non-hydrogen) atoms. The molecule has 1 saturated heterocycles. The summed E-state index contributed by atoms with van der Waals surface area (Å²) >= 11 is 5.90. The van der Waals surface area contributed by atoms with Gasteiger partial charge in [0.2, 0.25) is 5.91 Å². The molecule has 1 N–H and O–H groups in total. The molecule has 0 saturated carbocycles. The molecule has 2 rings (SSSR count). The normalized spacial score (nSPS) is 14.9. The highest BCUT2D eigenvalue weighted by molar-refractivity contribution is 6.30. The van der Waals surface area contributed by atoms with E-state index < -0.39 is 0 Å². The number of carbonyl (C=O) groups excluding carboxylic acids is 1. The Morgan fingerprint density at radius 3 is 2.78 bits per heavy atom. The number of halogens is 1. The zero-order chi connectivity index (χ0) is 13.0. The summed E-state index contributed by atoms with van der Waals surface area (Å²) in [4.78, 5) is 13.8. The molecular formula is C14H19ClN2O. The van der Waals surface area contributed by atoms with Crippen LogP contribution in [0.15, 0.2) is 18.2 Å². The van der Waals surface area contributed by atoms with E-state index in [0.29, 0.717) is 13.0 Å². The number of rotatable bonds is 4. The van der Waals surface area contributed by atoms with Gasteiger partial charge < -0.3 is 10.2 Å². The Morgan fingerprint density at radius 1 is 1.39 bits per heavy atom. The van der Waals surface area contributed by atoms with Crippen LogP contribution in [0.3, 0.4) is 0 Å². The Labute approximate surface area is 113 Å². The summed E-state index contributed by atoms with van der Waals surface area (Å²) in [5, 5.41) is 4.03. The first-order valence-electron chi connectivity index (χ1n) is 6.44. The standard InChI is InChI=1S/C14H19ClN2O/c1-11-10-12(15)4-5-13(11)16-7-6-14(18)17-8-2-3-9-17/h4-5,10,16H,2-3,6-9H2,1H3. The van der Waals surface area contributed by atoms with Gasteiger partial charge in [-0.25, -0.2) is 0 Å². The number of aryl methyl sites for hydroxylation is 1. The summed E-state index contributed by atoms with van der Waals surface area (Å²) in [5.74, 6) is 0.256. The van der Waals surface area contributed by atoms with E-state index in [-0.39, 0.29) is 5.91 Å². The van der Waals surface area contributed by atoms with Crippen LogP contribution in [-0.4, -0.2) is 30.4 Å². The second-order valence-corrected chi connectivity index (χ2v) is 5.16. The smallest absolute Gasteiger partial charge is 0.224 e. The molecule has 1 aliphatic heterocycles. The van der Waals surface area contributed by atoms with Gasteiger partial charge in [-0.05, 0) is 43.5 Å². The molecule has 1 amide bonds. The van der Waals surface area contributed by atoms with Crippen LogP contribution in [-0.2, 0) is 4.79 Å². The third-order valence-electron chi connectivity index (χ3n) is 3.30. The van der Waals surface area contributed by atoms with Crippen molar-refractivity contribution in [2.24, 2.45) is 0 Å². The Hall–Kier alpha value is -1.22. The highest BCUT2D eigenvalue weighted by atomic mass is 35.5. The lowest BCUT2D eigenvalue weighted by molar-refractivity contribution is -0.129. The predicted molar refractivity (Wildman–Crippen MR) is 75.1 cm³/mol. The van der Waals surface area contributed by atoms with E-state index in [1.54, 1.807) is 0 Å². The van der Waals surface area contributed by atoms with Crippen molar-refractivity contribution in [2.75, 3.05) is 25.0 Å². The average molecular weight is 267 g/mol. The zero-order valence-corrected chi connectivity index (χ0v) is 11.5. The molecule has 1 aromatic rings. The highest BCUT2D eigenvalue weighted by Gasteiger charge is 2.16. The third kappa shape index (κ3) is 3.39. The van der Waals surface area contributed by atoms with Crippen LogP contribution in [0, 0.1) is 6.92 Å². The summed E-state index contributed by atoms with van der Waals surface area (Å²) in [6.07, 6.45) is 2.85. The van der Waals surface area contributed by atoms with Crippen molar-refractivity contribution < 1.29 is 4.79 Å². The Morgan fingerprint density at radius 2 is 2.11 bits per heavy atom. The van der Waals surface area contributed by atoms with E-state index in [9.17, 15) is 4.79 Å². The fourth-order valence-electron chi connectivity index (χ4n) is 2.25. The molecule has 3 nitrogen and oxygen atoms in total. The van der Waals surface area contributed by atoms with Gasteiger partial charge in [-0.2, -0.15) is 0 Å². The van der Waals surface area contributed by atoms with E-state index in [2.05, 4.69) is 5.32 Å². The van der Waals surface area contributed by atoms with Crippen LogP contribution in [0.1, 0.15) is 24.8 Å². The minimum Gasteiger partial charge on any atom is -0.384 e. The molecule has 0 aliphatic carbocycles. The van der Waals surface area contributed by atoms with Gasteiger partial charge in [-0.1, -0.05) is 11.6 Å². The molecule has 1 aromatic carbocycles. The van der Waals surface area contributed by atoms with E-state index in [0.717, 1.165) is 42.2 Å². The fraction of sp³-hybridized carbons (Fsp3) is 0.500. The molecule has 0 bridgehead atoms. The SMILES string of the molecule is Cc1cc(Cl)ccc1NCCC(=O)N1CCCC1. The summed E-state index contributed by atoms with van der Waals surface area (Å²) in [5.41, 5.74) is 2.16. The van der Waals surface area contributed by atoms with Crippen molar-refractivity contribution in [1.29, 1.82) is 0 Å². The summed E-state index contributed by atoms with van der Waals surface area (Å²) in [7, 11) is 0.